The highest BCUT2D eigenvalue weighted by atomic mass is 16.4. The fourth-order valence-electron chi connectivity index (χ4n) is 2.84. The second-order valence-electron chi connectivity index (χ2n) is 8.53. The van der Waals surface area contributed by atoms with Crippen LogP contribution in [0.2, 0.25) is 0 Å². The van der Waals surface area contributed by atoms with Gasteiger partial charge in [-0.05, 0) is 24.7 Å². The topological polar surface area (TPSA) is 231 Å². The van der Waals surface area contributed by atoms with E-state index in [1.54, 1.807) is 13.8 Å². The Balaban J connectivity index is 5.41. The highest BCUT2D eigenvalue weighted by Crippen LogP contribution is 2.09. The van der Waals surface area contributed by atoms with Crippen molar-refractivity contribution < 1.29 is 39.0 Å². The number of carbonyl (C=O) groups excluding carboxylic acids is 4. The average molecular weight is 474 g/mol. The molecule has 188 valence electrons. The molecule has 0 bridgehead atoms. The van der Waals surface area contributed by atoms with E-state index in [2.05, 4.69) is 16.0 Å². The van der Waals surface area contributed by atoms with Crippen LogP contribution in [-0.4, -0.2) is 69.9 Å². The second kappa shape index (κ2) is 14.0. The van der Waals surface area contributed by atoms with Crippen LogP contribution >= 0.6 is 0 Å². The maximum absolute atomic E-state index is 12.9. The number of aliphatic carboxylic acids is 2. The van der Waals surface area contributed by atoms with E-state index >= 15 is 0 Å². The molecule has 0 aliphatic rings. The maximum Gasteiger partial charge on any atom is 0.326 e. The Kier molecular flexibility index (Phi) is 12.7. The maximum atomic E-state index is 12.9. The quantitative estimate of drug-likeness (QED) is 0.143. The highest BCUT2D eigenvalue weighted by Gasteiger charge is 2.32. The van der Waals surface area contributed by atoms with Crippen LogP contribution in [0, 0.1) is 11.8 Å². The van der Waals surface area contributed by atoms with Crippen molar-refractivity contribution in [2.75, 3.05) is 0 Å². The zero-order chi connectivity index (χ0) is 25.9. The van der Waals surface area contributed by atoms with Crippen molar-refractivity contribution in [2.45, 2.75) is 77.5 Å². The van der Waals surface area contributed by atoms with Gasteiger partial charge in [0.15, 0.2) is 0 Å². The molecule has 0 saturated heterocycles. The van der Waals surface area contributed by atoms with E-state index in [0.29, 0.717) is 0 Å². The Morgan fingerprint density at radius 1 is 0.818 bits per heavy atom. The van der Waals surface area contributed by atoms with Crippen molar-refractivity contribution in [1.29, 1.82) is 0 Å². The van der Waals surface area contributed by atoms with Gasteiger partial charge in [-0.2, -0.15) is 0 Å². The normalized spacial score (nSPS) is 14.6. The van der Waals surface area contributed by atoms with Crippen LogP contribution < -0.4 is 27.4 Å². The Labute approximate surface area is 192 Å². The van der Waals surface area contributed by atoms with Gasteiger partial charge in [-0.25, -0.2) is 4.79 Å². The van der Waals surface area contributed by atoms with Gasteiger partial charge in [0, 0.05) is 6.42 Å². The SMILES string of the molecule is CC(C)CC(NC(=O)C(N)CCC(N)=O)C(=O)NC(C(=O)NC(CC(=O)O)C(=O)O)C(C)C. The van der Waals surface area contributed by atoms with E-state index in [1.165, 1.54) is 0 Å². The first-order valence-electron chi connectivity index (χ1n) is 10.5. The van der Waals surface area contributed by atoms with Crippen LogP contribution in [0.25, 0.3) is 0 Å². The van der Waals surface area contributed by atoms with Gasteiger partial charge >= 0.3 is 11.9 Å². The van der Waals surface area contributed by atoms with Crippen molar-refractivity contribution in [1.82, 2.24) is 16.0 Å². The van der Waals surface area contributed by atoms with Gasteiger partial charge in [-0.15, -0.1) is 0 Å². The molecule has 0 aromatic rings. The Hall–Kier alpha value is -3.22. The zero-order valence-corrected chi connectivity index (χ0v) is 19.3. The largest absolute Gasteiger partial charge is 0.481 e. The molecule has 9 N–H and O–H groups in total. The summed E-state index contributed by atoms with van der Waals surface area (Å²) in [4.78, 5) is 70.8. The molecule has 4 unspecified atom stereocenters. The molecular weight excluding hydrogens is 438 g/mol. The molecular formula is C20H35N5O8. The summed E-state index contributed by atoms with van der Waals surface area (Å²) in [6.07, 6.45) is -0.737. The molecule has 4 atom stereocenters. The molecule has 0 fully saturated rings. The van der Waals surface area contributed by atoms with E-state index in [-0.39, 0.29) is 25.2 Å². The lowest BCUT2D eigenvalue weighted by atomic mass is 9.99. The standard InChI is InChI=1S/C20H35N5O8/c1-9(2)7-12(23-17(29)11(21)5-6-14(22)26)18(30)25-16(10(3)4)19(31)24-13(20(32)33)8-15(27)28/h9-13,16H,5-8,21H2,1-4H3,(H2,22,26)(H,23,29)(H,24,31)(H,25,30)(H,27,28)(H,32,33). The summed E-state index contributed by atoms with van der Waals surface area (Å²) < 4.78 is 0. The van der Waals surface area contributed by atoms with Crippen LogP contribution in [0.5, 0.6) is 0 Å². The molecule has 0 saturated carbocycles. The number of carboxylic acid groups (broad SMARTS) is 2. The average Bonchev–Trinajstić information content (AvgIpc) is 2.67. The van der Waals surface area contributed by atoms with Crippen LogP contribution in [0.4, 0.5) is 0 Å². The summed E-state index contributed by atoms with van der Waals surface area (Å²) in [7, 11) is 0. The molecule has 0 heterocycles. The highest BCUT2D eigenvalue weighted by molar-refractivity contribution is 5.94. The van der Waals surface area contributed by atoms with Crippen LogP contribution in [0.15, 0.2) is 0 Å². The number of nitrogens with one attached hydrogen (secondary N) is 3. The first-order chi connectivity index (χ1) is 15.1. The van der Waals surface area contributed by atoms with Gasteiger partial charge in [0.2, 0.25) is 23.6 Å². The summed E-state index contributed by atoms with van der Waals surface area (Å²) in [6, 6.07) is -5.00. The predicted molar refractivity (Wildman–Crippen MR) is 116 cm³/mol. The number of primary amides is 1. The fourth-order valence-corrected chi connectivity index (χ4v) is 2.84. The number of hydrogen-bond donors (Lipinski definition) is 7. The Morgan fingerprint density at radius 3 is 1.79 bits per heavy atom. The van der Waals surface area contributed by atoms with E-state index in [4.69, 9.17) is 21.7 Å². The number of nitrogens with two attached hydrogens (primary N) is 2. The van der Waals surface area contributed by atoms with Gasteiger partial charge in [0.1, 0.15) is 18.1 Å². The molecule has 0 aliphatic carbocycles. The Bertz CT molecular complexity index is 740. The lowest BCUT2D eigenvalue weighted by Crippen LogP contribution is -2.58. The number of amides is 4. The molecule has 0 aromatic heterocycles. The Morgan fingerprint density at radius 2 is 1.36 bits per heavy atom. The summed E-state index contributed by atoms with van der Waals surface area (Å²) in [6.45, 7) is 6.84. The van der Waals surface area contributed by atoms with Crippen molar-refractivity contribution in [3.63, 3.8) is 0 Å². The number of carbonyl (C=O) groups is 6. The molecule has 0 rings (SSSR count). The molecule has 0 aliphatic heterocycles. The van der Waals surface area contributed by atoms with Crippen LogP contribution in [0.3, 0.4) is 0 Å². The summed E-state index contributed by atoms with van der Waals surface area (Å²) >= 11 is 0. The number of rotatable bonds is 15. The summed E-state index contributed by atoms with van der Waals surface area (Å²) in [5.41, 5.74) is 10.8. The third kappa shape index (κ3) is 11.8. The minimum absolute atomic E-state index is 0.00559. The van der Waals surface area contributed by atoms with E-state index in [9.17, 15) is 28.8 Å². The van der Waals surface area contributed by atoms with Gasteiger partial charge in [-0.3, -0.25) is 24.0 Å². The molecule has 4 amide bonds. The minimum Gasteiger partial charge on any atom is -0.481 e. The summed E-state index contributed by atoms with van der Waals surface area (Å²) in [5.74, 6) is -6.33. The fraction of sp³-hybridized carbons (Fsp3) is 0.700. The third-order valence-corrected chi connectivity index (χ3v) is 4.62. The predicted octanol–water partition coefficient (Wildman–Crippen LogP) is -1.70. The number of hydrogen-bond acceptors (Lipinski definition) is 7. The smallest absolute Gasteiger partial charge is 0.326 e. The van der Waals surface area contributed by atoms with Gasteiger partial charge in [-0.1, -0.05) is 27.7 Å². The third-order valence-electron chi connectivity index (χ3n) is 4.62. The minimum atomic E-state index is -1.68. The summed E-state index contributed by atoms with van der Waals surface area (Å²) in [5, 5.41) is 25.1. The van der Waals surface area contributed by atoms with Crippen molar-refractivity contribution >= 4 is 35.6 Å². The van der Waals surface area contributed by atoms with E-state index in [1.807, 2.05) is 13.8 Å². The van der Waals surface area contributed by atoms with Crippen LogP contribution in [0.1, 0.15) is 53.4 Å². The van der Waals surface area contributed by atoms with Crippen molar-refractivity contribution in [2.24, 2.45) is 23.3 Å². The van der Waals surface area contributed by atoms with Gasteiger partial charge in [0.05, 0.1) is 12.5 Å². The zero-order valence-electron chi connectivity index (χ0n) is 19.3. The van der Waals surface area contributed by atoms with E-state index in [0.717, 1.165) is 0 Å². The van der Waals surface area contributed by atoms with Crippen LogP contribution in [-0.2, 0) is 28.8 Å². The molecule has 13 nitrogen and oxygen atoms in total. The number of carboxylic acids is 2. The van der Waals surface area contributed by atoms with Crippen molar-refractivity contribution in [3.05, 3.63) is 0 Å². The molecule has 0 radical (unpaired) electrons. The second-order valence-corrected chi connectivity index (χ2v) is 8.53. The van der Waals surface area contributed by atoms with Gasteiger partial charge < -0.3 is 37.6 Å². The van der Waals surface area contributed by atoms with E-state index < -0.39 is 72.1 Å². The lowest BCUT2D eigenvalue weighted by molar-refractivity contribution is -0.147. The molecule has 0 aromatic carbocycles. The van der Waals surface area contributed by atoms with Crippen molar-refractivity contribution in [3.8, 4) is 0 Å². The lowest BCUT2D eigenvalue weighted by Gasteiger charge is -2.27. The monoisotopic (exact) mass is 473 g/mol. The molecule has 0 spiro atoms. The molecule has 13 heteroatoms. The van der Waals surface area contributed by atoms with Gasteiger partial charge in [0.25, 0.3) is 0 Å². The molecule has 33 heavy (non-hydrogen) atoms. The first-order valence-corrected chi connectivity index (χ1v) is 10.5. The first kappa shape index (κ1) is 29.8.